The van der Waals surface area contributed by atoms with Crippen LogP contribution < -0.4 is 10.2 Å². The standard InChI is InChI=1S/C12H10F3NO2/c1-2-18-7-3-4-9-8(5-7)10(17)6-11(16-9)12(13,14)15/h3-6H,2H2,1H3,(H,16,17). The minimum absolute atomic E-state index is 0.137. The number of ether oxygens (including phenoxy) is 1. The third-order valence-corrected chi connectivity index (χ3v) is 2.42. The van der Waals surface area contributed by atoms with Gasteiger partial charge in [-0.3, -0.25) is 4.79 Å². The Morgan fingerprint density at radius 3 is 2.61 bits per heavy atom. The Morgan fingerprint density at radius 2 is 2.00 bits per heavy atom. The van der Waals surface area contributed by atoms with E-state index < -0.39 is 17.3 Å². The van der Waals surface area contributed by atoms with Gasteiger partial charge in [0.15, 0.2) is 5.43 Å². The van der Waals surface area contributed by atoms with Crippen molar-refractivity contribution >= 4 is 10.9 Å². The predicted octanol–water partition coefficient (Wildman–Crippen LogP) is 2.95. The number of hydrogen-bond donors (Lipinski definition) is 1. The van der Waals surface area contributed by atoms with Crippen LogP contribution in [0.1, 0.15) is 12.6 Å². The van der Waals surface area contributed by atoms with E-state index >= 15 is 0 Å². The number of aromatic amines is 1. The Balaban J connectivity index is 2.63. The second-order valence-corrected chi connectivity index (χ2v) is 3.69. The van der Waals surface area contributed by atoms with Gasteiger partial charge in [0.05, 0.1) is 6.61 Å². The zero-order valence-corrected chi connectivity index (χ0v) is 9.47. The van der Waals surface area contributed by atoms with Crippen LogP contribution >= 0.6 is 0 Å². The lowest BCUT2D eigenvalue weighted by atomic mass is 10.2. The van der Waals surface area contributed by atoms with Crippen molar-refractivity contribution in [2.75, 3.05) is 6.61 Å². The number of nitrogens with one attached hydrogen (secondary N) is 1. The minimum Gasteiger partial charge on any atom is -0.494 e. The molecule has 96 valence electrons. The summed E-state index contributed by atoms with van der Waals surface area (Å²) in [6.07, 6.45) is -4.56. The van der Waals surface area contributed by atoms with Gasteiger partial charge < -0.3 is 9.72 Å². The van der Waals surface area contributed by atoms with Gasteiger partial charge in [0, 0.05) is 17.0 Å². The summed E-state index contributed by atoms with van der Waals surface area (Å²) in [7, 11) is 0. The number of aromatic nitrogens is 1. The molecule has 18 heavy (non-hydrogen) atoms. The van der Waals surface area contributed by atoms with Crippen LogP contribution in [0, 0.1) is 0 Å². The molecule has 0 amide bonds. The molecule has 0 spiro atoms. The Morgan fingerprint density at radius 1 is 1.28 bits per heavy atom. The van der Waals surface area contributed by atoms with Crippen LogP contribution in [-0.2, 0) is 6.18 Å². The Labute approximate surface area is 100 Å². The maximum atomic E-state index is 12.5. The lowest BCUT2D eigenvalue weighted by molar-refractivity contribution is -0.141. The Kier molecular flexibility index (Phi) is 3.02. The molecule has 0 aliphatic heterocycles. The van der Waals surface area contributed by atoms with Crippen LogP contribution in [0.25, 0.3) is 10.9 Å². The molecule has 1 aromatic carbocycles. The number of halogens is 3. The van der Waals surface area contributed by atoms with E-state index in [9.17, 15) is 18.0 Å². The van der Waals surface area contributed by atoms with Gasteiger partial charge in [-0.2, -0.15) is 13.2 Å². The zero-order valence-electron chi connectivity index (χ0n) is 9.47. The summed E-state index contributed by atoms with van der Waals surface area (Å²) in [5, 5.41) is 0.175. The van der Waals surface area contributed by atoms with Gasteiger partial charge in [0.2, 0.25) is 0 Å². The van der Waals surface area contributed by atoms with Gasteiger partial charge in [-0.1, -0.05) is 0 Å². The van der Waals surface area contributed by atoms with Gasteiger partial charge >= 0.3 is 6.18 Å². The molecule has 0 saturated carbocycles. The maximum absolute atomic E-state index is 12.5. The lowest BCUT2D eigenvalue weighted by Gasteiger charge is -2.09. The van der Waals surface area contributed by atoms with Crippen molar-refractivity contribution < 1.29 is 17.9 Å². The third kappa shape index (κ3) is 2.32. The fourth-order valence-electron chi connectivity index (χ4n) is 1.64. The Bertz CT molecular complexity index is 631. The van der Waals surface area contributed by atoms with Gasteiger partial charge in [-0.15, -0.1) is 0 Å². The average molecular weight is 257 g/mol. The van der Waals surface area contributed by atoms with E-state index in [1.165, 1.54) is 18.2 Å². The molecule has 6 heteroatoms. The van der Waals surface area contributed by atoms with Crippen molar-refractivity contribution in [3.8, 4) is 5.75 Å². The molecule has 0 bridgehead atoms. The fourth-order valence-corrected chi connectivity index (χ4v) is 1.64. The number of alkyl halides is 3. The molecule has 1 N–H and O–H groups in total. The number of H-pyrrole nitrogens is 1. The second-order valence-electron chi connectivity index (χ2n) is 3.69. The first-order chi connectivity index (χ1) is 8.41. The van der Waals surface area contributed by atoms with E-state index in [0.717, 1.165) is 0 Å². The van der Waals surface area contributed by atoms with Crippen molar-refractivity contribution in [2.24, 2.45) is 0 Å². The molecule has 1 aromatic heterocycles. The van der Waals surface area contributed by atoms with E-state index in [4.69, 9.17) is 4.74 Å². The zero-order chi connectivity index (χ0) is 13.3. The van der Waals surface area contributed by atoms with E-state index in [0.29, 0.717) is 18.4 Å². The highest BCUT2D eigenvalue weighted by atomic mass is 19.4. The monoisotopic (exact) mass is 257 g/mol. The summed E-state index contributed by atoms with van der Waals surface area (Å²) in [6, 6.07) is 4.90. The molecule has 0 aliphatic carbocycles. The van der Waals surface area contributed by atoms with Crippen molar-refractivity contribution in [2.45, 2.75) is 13.1 Å². The molecule has 0 unspecified atom stereocenters. The van der Waals surface area contributed by atoms with Crippen LogP contribution in [-0.4, -0.2) is 11.6 Å². The van der Waals surface area contributed by atoms with Crippen LogP contribution in [0.3, 0.4) is 0 Å². The van der Waals surface area contributed by atoms with Crippen molar-refractivity contribution in [3.63, 3.8) is 0 Å². The molecule has 2 aromatic rings. The first-order valence-corrected chi connectivity index (χ1v) is 5.29. The summed E-state index contributed by atoms with van der Waals surface area (Å²) >= 11 is 0. The average Bonchev–Trinajstić information content (AvgIpc) is 2.29. The molecular formula is C12H10F3NO2. The molecule has 3 nitrogen and oxygen atoms in total. The second kappa shape index (κ2) is 4.36. The number of benzene rings is 1. The van der Waals surface area contributed by atoms with Crippen LogP contribution in [0.15, 0.2) is 29.1 Å². The van der Waals surface area contributed by atoms with Crippen LogP contribution in [0.5, 0.6) is 5.75 Å². The summed E-state index contributed by atoms with van der Waals surface area (Å²) < 4.78 is 42.7. The quantitative estimate of drug-likeness (QED) is 0.898. The van der Waals surface area contributed by atoms with E-state index in [-0.39, 0.29) is 10.9 Å². The third-order valence-electron chi connectivity index (χ3n) is 2.42. The summed E-state index contributed by atoms with van der Waals surface area (Å²) in [5.41, 5.74) is -1.60. The van der Waals surface area contributed by atoms with E-state index in [1.807, 2.05) is 0 Å². The van der Waals surface area contributed by atoms with Gasteiger partial charge in [0.25, 0.3) is 0 Å². The highest BCUT2D eigenvalue weighted by Gasteiger charge is 2.32. The number of rotatable bonds is 2. The largest absolute Gasteiger partial charge is 0.494 e. The lowest BCUT2D eigenvalue weighted by Crippen LogP contribution is -2.13. The molecule has 2 rings (SSSR count). The fraction of sp³-hybridized carbons (Fsp3) is 0.250. The van der Waals surface area contributed by atoms with Crippen LogP contribution in [0.2, 0.25) is 0 Å². The molecule has 0 fully saturated rings. The first-order valence-electron chi connectivity index (χ1n) is 5.29. The normalized spacial score (nSPS) is 11.8. The molecular weight excluding hydrogens is 247 g/mol. The number of hydrogen-bond acceptors (Lipinski definition) is 2. The summed E-state index contributed by atoms with van der Waals surface area (Å²) in [6.45, 7) is 2.20. The summed E-state index contributed by atoms with van der Waals surface area (Å²) in [5.74, 6) is 0.454. The van der Waals surface area contributed by atoms with Crippen molar-refractivity contribution in [3.05, 3.63) is 40.2 Å². The Hall–Kier alpha value is -1.98. The molecule has 0 atom stereocenters. The van der Waals surface area contributed by atoms with Crippen molar-refractivity contribution in [1.82, 2.24) is 4.98 Å². The maximum Gasteiger partial charge on any atom is 0.431 e. The number of pyridine rings is 1. The topological polar surface area (TPSA) is 42.1 Å². The SMILES string of the molecule is CCOc1ccc2[nH]c(C(F)(F)F)cc(=O)c2c1. The summed E-state index contributed by atoms with van der Waals surface area (Å²) in [4.78, 5) is 13.8. The molecule has 0 radical (unpaired) electrons. The first kappa shape index (κ1) is 12.5. The van der Waals surface area contributed by atoms with Gasteiger partial charge in [-0.25, -0.2) is 0 Å². The molecule has 0 saturated heterocycles. The van der Waals surface area contributed by atoms with Crippen molar-refractivity contribution in [1.29, 1.82) is 0 Å². The highest BCUT2D eigenvalue weighted by molar-refractivity contribution is 5.80. The van der Waals surface area contributed by atoms with E-state index in [2.05, 4.69) is 4.98 Å². The minimum atomic E-state index is -4.56. The molecule has 0 aliphatic rings. The highest BCUT2D eigenvalue weighted by Crippen LogP contribution is 2.28. The predicted molar refractivity (Wildman–Crippen MR) is 60.7 cm³/mol. The van der Waals surface area contributed by atoms with E-state index in [1.54, 1.807) is 6.92 Å². The van der Waals surface area contributed by atoms with Gasteiger partial charge in [0.1, 0.15) is 11.4 Å². The van der Waals surface area contributed by atoms with Crippen LogP contribution in [0.4, 0.5) is 13.2 Å². The number of fused-ring (bicyclic) bond motifs is 1. The molecule has 1 heterocycles. The van der Waals surface area contributed by atoms with Gasteiger partial charge in [-0.05, 0) is 25.1 Å². The smallest absolute Gasteiger partial charge is 0.431 e.